The van der Waals surface area contributed by atoms with Gasteiger partial charge in [-0.15, -0.1) is 5.10 Å². The number of aromatic amines is 2. The zero-order valence-corrected chi connectivity index (χ0v) is 18.5. The van der Waals surface area contributed by atoms with Crippen molar-refractivity contribution >= 4 is 34.7 Å². The number of fused-ring (bicyclic) bond motifs is 3. The van der Waals surface area contributed by atoms with Gasteiger partial charge >= 0.3 is 5.69 Å². The van der Waals surface area contributed by atoms with Crippen molar-refractivity contribution < 1.29 is 4.79 Å². The van der Waals surface area contributed by atoms with Gasteiger partial charge < -0.3 is 20.5 Å². The molecule has 6 rings (SSSR count). The molecule has 172 valence electrons. The van der Waals surface area contributed by atoms with Gasteiger partial charge in [-0.25, -0.2) is 14.3 Å². The van der Waals surface area contributed by atoms with Crippen LogP contribution >= 0.6 is 0 Å². The third kappa shape index (κ3) is 3.06. The molecule has 34 heavy (non-hydrogen) atoms. The highest BCUT2D eigenvalue weighted by atomic mass is 16.2. The molecule has 4 N–H and O–H groups in total. The van der Waals surface area contributed by atoms with E-state index in [0.29, 0.717) is 48.2 Å². The average molecular weight is 459 g/mol. The van der Waals surface area contributed by atoms with Gasteiger partial charge in [-0.2, -0.15) is 4.98 Å². The number of hydrogen-bond acceptors (Lipinski definition) is 8. The zero-order chi connectivity index (χ0) is 23.6. The summed E-state index contributed by atoms with van der Waals surface area (Å²) in [6.45, 7) is 4.65. The van der Waals surface area contributed by atoms with Crippen LogP contribution in [-0.4, -0.2) is 42.0 Å². The van der Waals surface area contributed by atoms with Crippen molar-refractivity contribution in [1.29, 1.82) is 0 Å². The van der Waals surface area contributed by atoms with Gasteiger partial charge in [-0.3, -0.25) is 14.6 Å². The lowest BCUT2D eigenvalue weighted by atomic mass is 9.86. The third-order valence-electron chi connectivity index (χ3n) is 6.41. The topological polar surface area (TPSA) is 153 Å². The van der Waals surface area contributed by atoms with Crippen LogP contribution in [0, 0.1) is 0 Å². The molecule has 2 aliphatic rings. The molecule has 0 bridgehead atoms. The first kappa shape index (κ1) is 20.1. The van der Waals surface area contributed by atoms with Crippen LogP contribution in [0.4, 0.5) is 23.1 Å². The third-order valence-corrected chi connectivity index (χ3v) is 6.41. The van der Waals surface area contributed by atoms with E-state index in [1.807, 2.05) is 36.9 Å². The van der Waals surface area contributed by atoms with Crippen molar-refractivity contribution in [2.75, 3.05) is 22.1 Å². The number of H-pyrrole nitrogens is 2. The van der Waals surface area contributed by atoms with Gasteiger partial charge in [0.1, 0.15) is 0 Å². The molecule has 12 nitrogen and oxygen atoms in total. The van der Waals surface area contributed by atoms with Gasteiger partial charge in [-0.1, -0.05) is 6.07 Å². The summed E-state index contributed by atoms with van der Waals surface area (Å²) in [4.78, 5) is 52.1. The lowest BCUT2D eigenvalue weighted by Gasteiger charge is -2.28. The van der Waals surface area contributed by atoms with Gasteiger partial charge in [0.2, 0.25) is 11.9 Å². The minimum atomic E-state index is -0.572. The number of anilines is 4. The number of nitrogens with zero attached hydrogens (tertiary/aromatic N) is 5. The number of rotatable bonds is 3. The molecule has 4 aromatic rings. The summed E-state index contributed by atoms with van der Waals surface area (Å²) in [5, 5.41) is 10.6. The highest BCUT2D eigenvalue weighted by molar-refractivity contribution is 6.06. The maximum absolute atomic E-state index is 12.3. The highest BCUT2D eigenvalue weighted by Crippen LogP contribution is 2.39. The summed E-state index contributed by atoms with van der Waals surface area (Å²) in [7, 11) is 0. The van der Waals surface area contributed by atoms with E-state index in [2.05, 4.69) is 35.7 Å². The average Bonchev–Trinajstić information content (AvgIpc) is 3.30. The summed E-state index contributed by atoms with van der Waals surface area (Å²) in [6, 6.07) is 5.67. The molecule has 12 heteroatoms. The number of carbonyl (C=O) groups excluding carboxylic acids is 1. The molecule has 0 unspecified atom stereocenters. The Bertz CT molecular complexity index is 1600. The van der Waals surface area contributed by atoms with Crippen LogP contribution in [0.3, 0.4) is 0 Å². The number of hydrogen-bond donors (Lipinski definition) is 4. The normalized spacial score (nSPS) is 16.3. The van der Waals surface area contributed by atoms with Crippen LogP contribution in [0.15, 0.2) is 40.2 Å². The summed E-state index contributed by atoms with van der Waals surface area (Å²) < 4.78 is 1.62. The van der Waals surface area contributed by atoms with E-state index in [0.717, 1.165) is 16.9 Å². The Hall–Kier alpha value is -4.48. The second-order valence-electron chi connectivity index (χ2n) is 8.96. The molecule has 1 amide bonds. The van der Waals surface area contributed by atoms with E-state index < -0.39 is 16.7 Å². The molecular weight excluding hydrogens is 438 g/mol. The SMILES string of the molecule is CC1(C)C(=O)Nc2cc(Nc3nc4c(N5CCc6[nH]c(=O)[nH]c(=O)c6C5)nccn4n3)ccc21. The molecule has 0 saturated heterocycles. The number of carbonyl (C=O) groups is 1. The van der Waals surface area contributed by atoms with E-state index in [-0.39, 0.29) is 5.91 Å². The molecule has 0 atom stereocenters. The largest absolute Gasteiger partial charge is 0.348 e. The first-order valence-corrected chi connectivity index (χ1v) is 10.8. The first-order valence-electron chi connectivity index (χ1n) is 10.8. The second-order valence-corrected chi connectivity index (χ2v) is 8.96. The number of aromatic nitrogens is 6. The molecule has 5 heterocycles. The number of amides is 1. The quantitative estimate of drug-likeness (QED) is 0.354. The van der Waals surface area contributed by atoms with E-state index in [1.54, 1.807) is 16.9 Å². The molecule has 2 aliphatic heterocycles. The Balaban J connectivity index is 1.31. The maximum Gasteiger partial charge on any atom is 0.325 e. The summed E-state index contributed by atoms with van der Waals surface area (Å²) in [5.74, 6) is 0.923. The minimum absolute atomic E-state index is 0.0350. The molecule has 0 spiro atoms. The summed E-state index contributed by atoms with van der Waals surface area (Å²) in [5.41, 5.74) is 2.67. The highest BCUT2D eigenvalue weighted by Gasteiger charge is 2.38. The van der Waals surface area contributed by atoms with Gasteiger partial charge in [-0.05, 0) is 31.5 Å². The number of nitrogens with one attached hydrogen (secondary N) is 4. The Morgan fingerprint density at radius 3 is 2.85 bits per heavy atom. The molecule has 0 fully saturated rings. The van der Waals surface area contributed by atoms with Crippen molar-refractivity contribution in [3.8, 4) is 0 Å². The van der Waals surface area contributed by atoms with Crippen molar-refractivity contribution in [3.05, 3.63) is 68.3 Å². The van der Waals surface area contributed by atoms with E-state index >= 15 is 0 Å². The molecule has 1 aromatic carbocycles. The van der Waals surface area contributed by atoms with Gasteiger partial charge in [0.25, 0.3) is 5.56 Å². The minimum Gasteiger partial charge on any atom is -0.348 e. The van der Waals surface area contributed by atoms with Crippen molar-refractivity contribution in [3.63, 3.8) is 0 Å². The maximum atomic E-state index is 12.3. The first-order chi connectivity index (χ1) is 16.3. The standard InChI is InChI=1S/C22H21N9O3/c1-22(2)13-4-3-11(9-15(13)25-19(22)33)24-20-27-17-16(23-6-8-31(17)29-20)30-7-5-14-12(10-30)18(32)28-21(34)26-14/h3-4,6,8-9H,5,7,10H2,1-2H3,(H,24,29)(H,25,33)(H2,26,28,32,34). The van der Waals surface area contributed by atoms with Gasteiger partial charge in [0, 0.05) is 42.4 Å². The van der Waals surface area contributed by atoms with Gasteiger partial charge in [0.05, 0.1) is 17.5 Å². The van der Waals surface area contributed by atoms with Crippen LogP contribution in [0.1, 0.15) is 30.7 Å². The van der Waals surface area contributed by atoms with Crippen molar-refractivity contribution in [1.82, 2.24) is 29.5 Å². The van der Waals surface area contributed by atoms with E-state index in [1.165, 1.54) is 0 Å². The Kier molecular flexibility index (Phi) is 4.15. The van der Waals surface area contributed by atoms with Crippen LogP contribution in [-0.2, 0) is 23.2 Å². The van der Waals surface area contributed by atoms with Gasteiger partial charge in [0.15, 0.2) is 11.5 Å². The molecule has 0 radical (unpaired) electrons. The Morgan fingerprint density at radius 2 is 2.00 bits per heavy atom. The lowest BCUT2D eigenvalue weighted by Crippen LogP contribution is -2.39. The molecular formula is C22H21N9O3. The summed E-state index contributed by atoms with van der Waals surface area (Å²) >= 11 is 0. The fourth-order valence-electron chi connectivity index (χ4n) is 4.52. The lowest BCUT2D eigenvalue weighted by molar-refractivity contribution is -0.119. The predicted molar refractivity (Wildman–Crippen MR) is 125 cm³/mol. The molecule has 0 aliphatic carbocycles. The second kappa shape index (κ2) is 7.01. The fraction of sp³-hybridized carbons (Fsp3) is 0.273. The van der Waals surface area contributed by atoms with Crippen molar-refractivity contribution in [2.45, 2.75) is 32.2 Å². The Morgan fingerprint density at radius 1 is 1.15 bits per heavy atom. The zero-order valence-electron chi connectivity index (χ0n) is 18.5. The van der Waals surface area contributed by atoms with Crippen LogP contribution in [0.2, 0.25) is 0 Å². The smallest absolute Gasteiger partial charge is 0.325 e. The fourth-order valence-corrected chi connectivity index (χ4v) is 4.52. The predicted octanol–water partition coefficient (Wildman–Crippen LogP) is 1.04. The van der Waals surface area contributed by atoms with Crippen LogP contribution in [0.25, 0.3) is 5.65 Å². The molecule has 3 aromatic heterocycles. The molecule has 0 saturated carbocycles. The summed E-state index contributed by atoms with van der Waals surface area (Å²) in [6.07, 6.45) is 3.83. The van der Waals surface area contributed by atoms with Crippen molar-refractivity contribution in [2.24, 2.45) is 0 Å². The number of benzene rings is 1. The Labute approximate surface area is 192 Å². The monoisotopic (exact) mass is 459 g/mol. The van der Waals surface area contributed by atoms with Crippen LogP contribution < -0.4 is 26.8 Å². The van der Waals surface area contributed by atoms with E-state index in [9.17, 15) is 14.4 Å². The van der Waals surface area contributed by atoms with Crippen LogP contribution in [0.5, 0.6) is 0 Å². The van der Waals surface area contributed by atoms with E-state index in [4.69, 9.17) is 0 Å².